The predicted molar refractivity (Wildman–Crippen MR) is 75.4 cm³/mol. The maximum absolute atomic E-state index is 12.1. The normalized spacial score (nSPS) is 42.5. The summed E-state index contributed by atoms with van der Waals surface area (Å²) in [5.41, 5.74) is 10.4. The third-order valence-electron chi connectivity index (χ3n) is 5.68. The molecule has 4 bridgehead atoms. The topological polar surface area (TPSA) is 98.2 Å². The van der Waals surface area contributed by atoms with Crippen LogP contribution in [-0.2, 0) is 9.59 Å². The van der Waals surface area contributed by atoms with E-state index in [1.54, 1.807) is 13.8 Å². The zero-order chi connectivity index (χ0) is 14.7. The van der Waals surface area contributed by atoms with Crippen LogP contribution in [0.4, 0.5) is 0 Å². The Hall–Kier alpha value is -1.10. The number of primary amides is 1. The van der Waals surface area contributed by atoms with Crippen molar-refractivity contribution in [3.63, 3.8) is 0 Å². The van der Waals surface area contributed by atoms with Crippen LogP contribution in [0.5, 0.6) is 0 Å². The minimum absolute atomic E-state index is 0.0944. The molecule has 2 amide bonds. The van der Waals surface area contributed by atoms with Gasteiger partial charge < -0.3 is 16.8 Å². The summed E-state index contributed by atoms with van der Waals surface area (Å²) < 4.78 is 0. The van der Waals surface area contributed by atoms with Gasteiger partial charge in [-0.2, -0.15) is 0 Å². The molecule has 0 aliphatic heterocycles. The summed E-state index contributed by atoms with van der Waals surface area (Å²) >= 11 is 0. The largest absolute Gasteiger partial charge is 0.369 e. The van der Waals surface area contributed by atoms with Crippen molar-refractivity contribution in [2.45, 2.75) is 57.5 Å². The molecule has 4 aliphatic carbocycles. The van der Waals surface area contributed by atoms with Crippen LogP contribution in [0, 0.1) is 23.2 Å². The average molecular weight is 279 g/mol. The molecule has 5 nitrogen and oxygen atoms in total. The lowest BCUT2D eigenvalue weighted by Crippen LogP contribution is -2.64. The molecule has 4 rings (SSSR count). The third-order valence-corrected chi connectivity index (χ3v) is 5.68. The highest BCUT2D eigenvalue weighted by Crippen LogP contribution is 2.59. The molecule has 20 heavy (non-hydrogen) atoms. The SMILES string of the molecule is CC(C)(N)C(=O)NC1C2CC3CC1CC(C(N)=O)(C3)C2. The number of carbonyl (C=O) groups excluding carboxylic acids is 2. The van der Waals surface area contributed by atoms with Gasteiger partial charge in [0, 0.05) is 11.5 Å². The first-order chi connectivity index (χ1) is 9.21. The summed E-state index contributed by atoms with van der Waals surface area (Å²) in [6.45, 7) is 3.45. The van der Waals surface area contributed by atoms with Crippen molar-refractivity contribution in [3.05, 3.63) is 0 Å². The second-order valence-electron chi connectivity index (χ2n) is 7.84. The minimum Gasteiger partial charge on any atom is -0.369 e. The van der Waals surface area contributed by atoms with Crippen LogP contribution in [-0.4, -0.2) is 23.4 Å². The molecule has 4 aliphatic rings. The van der Waals surface area contributed by atoms with Crippen molar-refractivity contribution in [2.24, 2.45) is 34.6 Å². The number of carbonyl (C=O) groups is 2. The molecular formula is C15H25N3O2. The Bertz CT molecular complexity index is 439. The second kappa shape index (κ2) is 4.20. The predicted octanol–water partition coefficient (Wildman–Crippen LogP) is 0.520. The Morgan fingerprint density at radius 2 is 1.70 bits per heavy atom. The first-order valence-electron chi connectivity index (χ1n) is 7.61. The summed E-state index contributed by atoms with van der Waals surface area (Å²) in [7, 11) is 0. The molecule has 4 fully saturated rings. The van der Waals surface area contributed by atoms with Gasteiger partial charge in [-0.1, -0.05) is 0 Å². The van der Waals surface area contributed by atoms with E-state index in [0.29, 0.717) is 17.8 Å². The average Bonchev–Trinajstić information content (AvgIpc) is 2.31. The molecule has 2 unspecified atom stereocenters. The Morgan fingerprint density at radius 1 is 1.15 bits per heavy atom. The van der Waals surface area contributed by atoms with Crippen molar-refractivity contribution in [1.29, 1.82) is 0 Å². The van der Waals surface area contributed by atoms with E-state index < -0.39 is 5.54 Å². The van der Waals surface area contributed by atoms with Gasteiger partial charge in [-0.3, -0.25) is 9.59 Å². The molecule has 4 saturated carbocycles. The molecular weight excluding hydrogens is 254 g/mol. The minimum atomic E-state index is -0.851. The number of amides is 2. The zero-order valence-electron chi connectivity index (χ0n) is 12.3. The van der Waals surface area contributed by atoms with Gasteiger partial charge in [0.15, 0.2) is 0 Å². The van der Waals surface area contributed by atoms with Crippen LogP contribution < -0.4 is 16.8 Å². The highest BCUT2D eigenvalue weighted by Gasteiger charge is 2.58. The molecule has 5 heteroatoms. The highest BCUT2D eigenvalue weighted by atomic mass is 16.2. The van der Waals surface area contributed by atoms with E-state index in [0.717, 1.165) is 32.1 Å². The van der Waals surface area contributed by atoms with Gasteiger partial charge in [-0.15, -0.1) is 0 Å². The van der Waals surface area contributed by atoms with E-state index >= 15 is 0 Å². The fourth-order valence-electron chi connectivity index (χ4n) is 4.90. The molecule has 112 valence electrons. The summed E-state index contributed by atoms with van der Waals surface area (Å²) in [6.07, 6.45) is 4.86. The summed E-state index contributed by atoms with van der Waals surface area (Å²) in [4.78, 5) is 24.0. The number of nitrogens with two attached hydrogens (primary N) is 2. The fraction of sp³-hybridized carbons (Fsp3) is 0.867. The smallest absolute Gasteiger partial charge is 0.239 e. The van der Waals surface area contributed by atoms with Gasteiger partial charge in [-0.05, 0) is 63.7 Å². The first kappa shape index (κ1) is 13.9. The Morgan fingerprint density at radius 3 is 2.15 bits per heavy atom. The number of rotatable bonds is 3. The van der Waals surface area contributed by atoms with Crippen LogP contribution in [0.3, 0.4) is 0 Å². The number of hydrogen-bond donors (Lipinski definition) is 3. The molecule has 5 N–H and O–H groups in total. The number of nitrogens with one attached hydrogen (secondary N) is 1. The van der Waals surface area contributed by atoms with E-state index in [1.807, 2.05) is 0 Å². The molecule has 0 aromatic heterocycles. The third kappa shape index (κ3) is 2.03. The maximum Gasteiger partial charge on any atom is 0.239 e. The van der Waals surface area contributed by atoms with Crippen molar-refractivity contribution < 1.29 is 9.59 Å². The van der Waals surface area contributed by atoms with Crippen LogP contribution in [0.2, 0.25) is 0 Å². The van der Waals surface area contributed by atoms with E-state index in [-0.39, 0.29) is 23.3 Å². The van der Waals surface area contributed by atoms with Gasteiger partial charge in [0.05, 0.1) is 5.54 Å². The Labute approximate surface area is 119 Å². The quantitative estimate of drug-likeness (QED) is 0.702. The van der Waals surface area contributed by atoms with Gasteiger partial charge in [0.2, 0.25) is 11.8 Å². The fourth-order valence-corrected chi connectivity index (χ4v) is 4.90. The molecule has 0 spiro atoms. The van der Waals surface area contributed by atoms with Crippen LogP contribution in [0.15, 0.2) is 0 Å². The van der Waals surface area contributed by atoms with Crippen molar-refractivity contribution in [2.75, 3.05) is 0 Å². The summed E-state index contributed by atoms with van der Waals surface area (Å²) in [5, 5.41) is 3.14. The van der Waals surface area contributed by atoms with Crippen molar-refractivity contribution in [1.82, 2.24) is 5.32 Å². The standard InChI is InChI=1S/C15H25N3O2/c1-14(2,17)13(20)18-11-9-3-8-4-10(11)7-15(5-8,6-9)12(16)19/h8-11H,3-7,17H2,1-2H3,(H2,16,19)(H,18,20). The first-order valence-corrected chi connectivity index (χ1v) is 7.61. The van der Waals surface area contributed by atoms with E-state index in [4.69, 9.17) is 11.5 Å². The lowest BCUT2D eigenvalue weighted by molar-refractivity contribution is -0.148. The van der Waals surface area contributed by atoms with E-state index in [9.17, 15) is 9.59 Å². The van der Waals surface area contributed by atoms with Crippen LogP contribution in [0.25, 0.3) is 0 Å². The van der Waals surface area contributed by atoms with Gasteiger partial charge in [-0.25, -0.2) is 0 Å². The Kier molecular flexibility index (Phi) is 2.91. The van der Waals surface area contributed by atoms with Crippen molar-refractivity contribution >= 4 is 11.8 Å². The second-order valence-corrected chi connectivity index (χ2v) is 7.84. The van der Waals surface area contributed by atoms with Gasteiger partial charge >= 0.3 is 0 Å². The zero-order valence-corrected chi connectivity index (χ0v) is 12.3. The molecule has 0 heterocycles. The van der Waals surface area contributed by atoms with Gasteiger partial charge in [0.1, 0.15) is 0 Å². The molecule has 0 aromatic carbocycles. The molecule has 0 aromatic rings. The molecule has 0 saturated heterocycles. The molecule has 2 atom stereocenters. The van der Waals surface area contributed by atoms with Crippen LogP contribution >= 0.6 is 0 Å². The van der Waals surface area contributed by atoms with Gasteiger partial charge in [0.25, 0.3) is 0 Å². The lowest BCUT2D eigenvalue weighted by Gasteiger charge is -2.59. The molecule has 0 radical (unpaired) electrons. The lowest BCUT2D eigenvalue weighted by atomic mass is 9.47. The Balaban J connectivity index is 1.78. The van der Waals surface area contributed by atoms with E-state index in [1.165, 1.54) is 0 Å². The maximum atomic E-state index is 12.1. The highest BCUT2D eigenvalue weighted by molar-refractivity contribution is 5.85. The number of hydrogen-bond acceptors (Lipinski definition) is 3. The van der Waals surface area contributed by atoms with Crippen molar-refractivity contribution in [3.8, 4) is 0 Å². The van der Waals surface area contributed by atoms with Crippen LogP contribution in [0.1, 0.15) is 46.0 Å². The monoisotopic (exact) mass is 279 g/mol. The summed E-state index contributed by atoms with van der Waals surface area (Å²) in [6, 6.07) is 0.175. The summed E-state index contributed by atoms with van der Waals surface area (Å²) in [5.74, 6) is 1.16. The van der Waals surface area contributed by atoms with E-state index in [2.05, 4.69) is 5.32 Å².